The van der Waals surface area contributed by atoms with E-state index in [-0.39, 0.29) is 5.91 Å². The number of hydrogen-bond acceptors (Lipinski definition) is 3. The summed E-state index contributed by atoms with van der Waals surface area (Å²) < 4.78 is 5.23. The monoisotopic (exact) mass is 351 g/mol. The van der Waals surface area contributed by atoms with E-state index >= 15 is 0 Å². The Bertz CT molecular complexity index is 763. The predicted octanol–water partition coefficient (Wildman–Crippen LogP) is 4.09. The molecule has 2 aromatic carbocycles. The first-order valence-electron chi connectivity index (χ1n) is 7.14. The third-order valence-corrected chi connectivity index (χ3v) is 4.66. The molecule has 6 heteroatoms. The molecule has 0 bridgehead atoms. The molecule has 1 unspecified atom stereocenters. The van der Waals surface area contributed by atoms with Crippen LogP contribution in [-0.4, -0.2) is 24.7 Å². The van der Waals surface area contributed by atoms with Gasteiger partial charge in [-0.25, -0.2) is 0 Å². The van der Waals surface area contributed by atoms with Crippen LogP contribution in [0.2, 0.25) is 10.0 Å². The molecule has 0 fully saturated rings. The van der Waals surface area contributed by atoms with Gasteiger partial charge in [-0.2, -0.15) is 0 Å². The molecule has 0 saturated carbocycles. The number of ether oxygens (including phenoxy) is 1. The highest BCUT2D eigenvalue weighted by Crippen LogP contribution is 2.37. The van der Waals surface area contributed by atoms with Crippen molar-refractivity contribution in [3.05, 3.63) is 57.6 Å². The van der Waals surface area contributed by atoms with Crippen LogP contribution in [0.25, 0.3) is 0 Å². The van der Waals surface area contributed by atoms with Crippen LogP contribution in [0.1, 0.15) is 28.4 Å². The molecule has 1 N–H and O–H groups in total. The minimum atomic E-state index is -0.589. The summed E-state index contributed by atoms with van der Waals surface area (Å²) in [7, 11) is 1.56. The lowest BCUT2D eigenvalue weighted by Crippen LogP contribution is -2.36. The van der Waals surface area contributed by atoms with Crippen molar-refractivity contribution in [3.63, 3.8) is 0 Å². The number of methoxy groups -OCH3 is 1. The summed E-state index contributed by atoms with van der Waals surface area (Å²) in [5.41, 5.74) is 1.81. The fourth-order valence-electron chi connectivity index (χ4n) is 2.69. The maximum Gasteiger partial charge on any atom is 0.258 e. The Balaban J connectivity index is 2.02. The third kappa shape index (κ3) is 3.02. The lowest BCUT2D eigenvalue weighted by molar-refractivity contribution is 0.0970. The number of carbonyl (C=O) groups is 1. The van der Waals surface area contributed by atoms with Gasteiger partial charge in [-0.15, -0.1) is 0 Å². The summed E-state index contributed by atoms with van der Waals surface area (Å²) >= 11 is 11.9. The molecule has 1 aliphatic heterocycles. The molecule has 4 nitrogen and oxygen atoms in total. The van der Waals surface area contributed by atoms with Crippen LogP contribution < -0.4 is 9.64 Å². The van der Waals surface area contributed by atoms with Crippen molar-refractivity contribution in [2.45, 2.75) is 12.5 Å². The fraction of sp³-hybridized carbons (Fsp3) is 0.235. The summed E-state index contributed by atoms with van der Waals surface area (Å²) in [6.45, 7) is 0.417. The molecule has 120 valence electrons. The Morgan fingerprint density at radius 3 is 2.70 bits per heavy atom. The predicted molar refractivity (Wildman–Crippen MR) is 90.7 cm³/mol. The Morgan fingerprint density at radius 2 is 2.00 bits per heavy atom. The number of carbonyl (C=O) groups excluding carboxylic acids is 1. The zero-order valence-corrected chi connectivity index (χ0v) is 13.9. The number of aliphatic hydroxyl groups is 1. The highest BCUT2D eigenvalue weighted by Gasteiger charge is 2.29. The average molecular weight is 352 g/mol. The van der Waals surface area contributed by atoms with Gasteiger partial charge in [-0.05, 0) is 30.7 Å². The van der Waals surface area contributed by atoms with E-state index in [1.54, 1.807) is 48.4 Å². The van der Waals surface area contributed by atoms with E-state index in [4.69, 9.17) is 27.9 Å². The molecule has 1 heterocycles. The zero-order chi connectivity index (χ0) is 16.6. The van der Waals surface area contributed by atoms with Gasteiger partial charge >= 0.3 is 0 Å². The van der Waals surface area contributed by atoms with E-state index in [0.717, 1.165) is 0 Å². The molecule has 3 rings (SSSR count). The Morgan fingerprint density at radius 1 is 1.22 bits per heavy atom. The van der Waals surface area contributed by atoms with Crippen LogP contribution in [-0.2, 0) is 0 Å². The van der Waals surface area contributed by atoms with E-state index in [9.17, 15) is 9.90 Å². The largest absolute Gasteiger partial charge is 0.497 e. The second-order valence-electron chi connectivity index (χ2n) is 5.31. The molecule has 0 radical (unpaired) electrons. The van der Waals surface area contributed by atoms with Crippen molar-refractivity contribution in [1.29, 1.82) is 0 Å². The van der Waals surface area contributed by atoms with E-state index in [1.165, 1.54) is 0 Å². The smallest absolute Gasteiger partial charge is 0.258 e. The molecule has 0 aromatic heterocycles. The van der Waals surface area contributed by atoms with Crippen LogP contribution in [0, 0.1) is 0 Å². The second kappa shape index (κ2) is 6.40. The topological polar surface area (TPSA) is 49.8 Å². The second-order valence-corrected chi connectivity index (χ2v) is 6.13. The maximum atomic E-state index is 12.8. The molecule has 23 heavy (non-hydrogen) atoms. The lowest BCUT2D eigenvalue weighted by atomic mass is 9.97. The molecular weight excluding hydrogens is 337 g/mol. The first kappa shape index (κ1) is 16.1. The first-order valence-corrected chi connectivity index (χ1v) is 7.90. The maximum absolute atomic E-state index is 12.8. The standard InChI is InChI=1S/C17H15Cl2NO3/c1-23-11-3-4-12-15(9-11)20(7-6-16(12)21)17(22)10-2-5-13(18)14(19)8-10/h2-5,8-9,16,21H,6-7H2,1H3. The average Bonchev–Trinajstić information content (AvgIpc) is 2.56. The zero-order valence-electron chi connectivity index (χ0n) is 12.4. The quantitative estimate of drug-likeness (QED) is 0.886. The van der Waals surface area contributed by atoms with Crippen molar-refractivity contribution in [1.82, 2.24) is 0 Å². The van der Waals surface area contributed by atoms with E-state index in [0.29, 0.717) is 45.6 Å². The number of benzene rings is 2. The SMILES string of the molecule is COc1ccc2c(c1)N(C(=O)c1ccc(Cl)c(Cl)c1)CCC2O. The number of amides is 1. The molecule has 0 spiro atoms. The van der Waals surface area contributed by atoms with Gasteiger partial charge in [0.1, 0.15) is 5.75 Å². The Kier molecular flexibility index (Phi) is 4.48. The highest BCUT2D eigenvalue weighted by molar-refractivity contribution is 6.42. The summed E-state index contributed by atoms with van der Waals surface area (Å²) in [5, 5.41) is 10.9. The van der Waals surface area contributed by atoms with E-state index < -0.39 is 6.10 Å². The fourth-order valence-corrected chi connectivity index (χ4v) is 2.99. The van der Waals surface area contributed by atoms with E-state index in [1.807, 2.05) is 0 Å². The van der Waals surface area contributed by atoms with Crippen LogP contribution in [0.4, 0.5) is 5.69 Å². The normalized spacial score (nSPS) is 16.9. The van der Waals surface area contributed by atoms with Gasteiger partial charge in [0.05, 0.1) is 28.9 Å². The van der Waals surface area contributed by atoms with Crippen molar-refractivity contribution >= 4 is 34.8 Å². The van der Waals surface area contributed by atoms with Gasteiger partial charge in [0.15, 0.2) is 0 Å². The minimum absolute atomic E-state index is 0.190. The first-order chi connectivity index (χ1) is 11.0. The molecule has 1 amide bonds. The lowest BCUT2D eigenvalue weighted by Gasteiger charge is -2.32. The number of rotatable bonds is 2. The molecule has 1 aliphatic rings. The van der Waals surface area contributed by atoms with Crippen molar-refractivity contribution < 1.29 is 14.6 Å². The van der Waals surface area contributed by atoms with Gasteiger partial charge in [-0.1, -0.05) is 29.3 Å². The van der Waals surface area contributed by atoms with Crippen LogP contribution in [0.15, 0.2) is 36.4 Å². The van der Waals surface area contributed by atoms with E-state index in [2.05, 4.69) is 0 Å². The number of hydrogen-bond donors (Lipinski definition) is 1. The molecule has 2 aromatic rings. The summed E-state index contributed by atoms with van der Waals surface area (Å²) in [5.74, 6) is 0.440. The van der Waals surface area contributed by atoms with Crippen molar-refractivity contribution in [3.8, 4) is 5.75 Å². The number of halogens is 2. The summed E-state index contributed by atoms with van der Waals surface area (Å²) in [4.78, 5) is 14.5. The minimum Gasteiger partial charge on any atom is -0.497 e. The molecular formula is C17H15Cl2NO3. The molecule has 0 aliphatic carbocycles. The Labute approximate surface area is 144 Å². The van der Waals surface area contributed by atoms with Crippen LogP contribution in [0.3, 0.4) is 0 Å². The van der Waals surface area contributed by atoms with Gasteiger partial charge in [0.2, 0.25) is 0 Å². The number of anilines is 1. The van der Waals surface area contributed by atoms with Gasteiger partial charge in [0.25, 0.3) is 5.91 Å². The van der Waals surface area contributed by atoms with Crippen molar-refractivity contribution in [2.75, 3.05) is 18.6 Å². The summed E-state index contributed by atoms with van der Waals surface area (Å²) in [6.07, 6.45) is -0.111. The van der Waals surface area contributed by atoms with Crippen LogP contribution in [0.5, 0.6) is 5.75 Å². The number of aliphatic hydroxyl groups excluding tert-OH is 1. The van der Waals surface area contributed by atoms with Gasteiger partial charge in [0, 0.05) is 23.7 Å². The summed E-state index contributed by atoms with van der Waals surface area (Å²) in [6, 6.07) is 10.1. The third-order valence-electron chi connectivity index (χ3n) is 3.93. The number of fused-ring (bicyclic) bond motifs is 1. The van der Waals surface area contributed by atoms with Crippen LogP contribution >= 0.6 is 23.2 Å². The number of nitrogens with zero attached hydrogens (tertiary/aromatic N) is 1. The van der Waals surface area contributed by atoms with Crippen molar-refractivity contribution in [2.24, 2.45) is 0 Å². The molecule has 1 atom stereocenters. The Hall–Kier alpha value is -1.75. The molecule has 0 saturated heterocycles. The van der Waals surface area contributed by atoms with Gasteiger partial charge < -0.3 is 14.7 Å². The highest BCUT2D eigenvalue weighted by atomic mass is 35.5. The van der Waals surface area contributed by atoms with Gasteiger partial charge in [-0.3, -0.25) is 4.79 Å².